The predicted octanol–water partition coefficient (Wildman–Crippen LogP) is 3.75. The van der Waals surface area contributed by atoms with Crippen molar-refractivity contribution in [2.24, 2.45) is 11.8 Å². The molecule has 0 radical (unpaired) electrons. The fourth-order valence-electron chi connectivity index (χ4n) is 5.12. The molecule has 1 N–H and O–H groups in total. The molecule has 0 aliphatic carbocycles. The van der Waals surface area contributed by atoms with Crippen molar-refractivity contribution in [2.75, 3.05) is 32.8 Å². The molecule has 2 heterocycles. The molecule has 6 heteroatoms. The summed E-state index contributed by atoms with van der Waals surface area (Å²) >= 11 is 0. The van der Waals surface area contributed by atoms with Crippen molar-refractivity contribution in [3.05, 3.63) is 71.3 Å². The quantitative estimate of drug-likeness (QED) is 0.527. The van der Waals surface area contributed by atoms with E-state index < -0.39 is 0 Å². The second-order valence-electron chi connectivity index (χ2n) is 8.65. The summed E-state index contributed by atoms with van der Waals surface area (Å²) in [5, 5.41) is 6.89. The number of hydrogen-bond donors (Lipinski definition) is 1. The number of fused-ring (bicyclic) bond motifs is 1. The number of hydrogen-bond acceptors (Lipinski definition) is 4. The minimum Gasteiger partial charge on any atom is -0.483 e. The Kier molecular flexibility index (Phi) is 8.82. The molecule has 2 aromatic carbocycles. The Hall–Kier alpha value is -2.70. The molecule has 0 aromatic heterocycles. The van der Waals surface area contributed by atoms with Gasteiger partial charge >= 0.3 is 0 Å². The van der Waals surface area contributed by atoms with E-state index in [2.05, 4.69) is 65.3 Å². The SMILES string of the molecule is CC(=O)N1C[C@H]2CN(CCCOCc3ccccc3)C[C@H]2[C@H]1c1ccccc1C.O=CO. The van der Waals surface area contributed by atoms with Crippen molar-refractivity contribution in [3.63, 3.8) is 0 Å². The molecule has 3 atom stereocenters. The van der Waals surface area contributed by atoms with Crippen LogP contribution < -0.4 is 0 Å². The van der Waals surface area contributed by atoms with E-state index >= 15 is 0 Å². The van der Waals surface area contributed by atoms with Crippen molar-refractivity contribution < 1.29 is 19.4 Å². The smallest absolute Gasteiger partial charge is 0.290 e. The van der Waals surface area contributed by atoms with Gasteiger partial charge in [0.25, 0.3) is 6.47 Å². The van der Waals surface area contributed by atoms with Crippen LogP contribution in [0.15, 0.2) is 54.6 Å². The van der Waals surface area contributed by atoms with Gasteiger partial charge in [0.15, 0.2) is 0 Å². The molecular weight excluding hydrogens is 404 g/mol. The minimum atomic E-state index is -0.250. The van der Waals surface area contributed by atoms with E-state index in [1.54, 1.807) is 6.92 Å². The lowest BCUT2D eigenvalue weighted by atomic mass is 9.87. The topological polar surface area (TPSA) is 70.1 Å². The summed E-state index contributed by atoms with van der Waals surface area (Å²) < 4.78 is 5.85. The zero-order chi connectivity index (χ0) is 22.9. The average molecular weight is 439 g/mol. The number of carbonyl (C=O) groups excluding carboxylic acids is 1. The second-order valence-corrected chi connectivity index (χ2v) is 8.65. The van der Waals surface area contributed by atoms with Gasteiger partial charge in [0.05, 0.1) is 12.6 Å². The van der Waals surface area contributed by atoms with E-state index in [1.807, 2.05) is 6.07 Å². The fourth-order valence-corrected chi connectivity index (χ4v) is 5.12. The van der Waals surface area contributed by atoms with Gasteiger partial charge in [-0.3, -0.25) is 9.59 Å². The van der Waals surface area contributed by atoms with Gasteiger partial charge in [0, 0.05) is 45.6 Å². The lowest BCUT2D eigenvalue weighted by Crippen LogP contribution is -2.35. The Morgan fingerprint density at radius 1 is 1.09 bits per heavy atom. The van der Waals surface area contributed by atoms with Crippen molar-refractivity contribution >= 4 is 12.4 Å². The van der Waals surface area contributed by atoms with Crippen molar-refractivity contribution in [3.8, 4) is 0 Å². The molecule has 32 heavy (non-hydrogen) atoms. The summed E-state index contributed by atoms with van der Waals surface area (Å²) in [6, 6.07) is 19.1. The monoisotopic (exact) mass is 438 g/mol. The van der Waals surface area contributed by atoms with Crippen LogP contribution in [-0.2, 0) is 20.9 Å². The first-order valence-electron chi connectivity index (χ1n) is 11.3. The first-order chi connectivity index (χ1) is 15.5. The zero-order valence-corrected chi connectivity index (χ0v) is 19.0. The molecule has 2 saturated heterocycles. The Balaban J connectivity index is 0.000000913. The molecule has 0 spiro atoms. The summed E-state index contributed by atoms with van der Waals surface area (Å²) in [7, 11) is 0. The molecule has 0 unspecified atom stereocenters. The maximum Gasteiger partial charge on any atom is 0.290 e. The average Bonchev–Trinajstić information content (AvgIpc) is 3.33. The van der Waals surface area contributed by atoms with Crippen LogP contribution in [0.25, 0.3) is 0 Å². The fraction of sp³-hybridized carbons (Fsp3) is 0.462. The predicted molar refractivity (Wildman–Crippen MR) is 124 cm³/mol. The van der Waals surface area contributed by atoms with E-state index in [-0.39, 0.29) is 18.4 Å². The van der Waals surface area contributed by atoms with Crippen molar-refractivity contribution in [1.82, 2.24) is 9.80 Å². The molecule has 2 fully saturated rings. The van der Waals surface area contributed by atoms with Gasteiger partial charge in [-0.25, -0.2) is 0 Å². The third kappa shape index (κ3) is 5.96. The highest BCUT2D eigenvalue weighted by Gasteiger charge is 2.48. The molecule has 2 aromatic rings. The van der Waals surface area contributed by atoms with Gasteiger partial charge in [-0.15, -0.1) is 0 Å². The standard InChI is InChI=1S/C25H32N2O2.CH2O2/c1-19-9-6-7-12-23(19)25-24-17-26(15-22(24)16-27(25)20(2)28)13-8-14-29-18-21-10-4-3-5-11-21;2-1-3/h3-7,9-12,22,24-25H,8,13-18H2,1-2H3;1H,(H,2,3)/t22-,24-,25-;/m1./s1. The van der Waals surface area contributed by atoms with Gasteiger partial charge in [-0.1, -0.05) is 54.6 Å². The molecule has 172 valence electrons. The minimum absolute atomic E-state index is 0.202. The maximum absolute atomic E-state index is 12.3. The van der Waals surface area contributed by atoms with Gasteiger partial charge in [-0.2, -0.15) is 0 Å². The normalized spacial score (nSPS) is 22.2. The van der Waals surface area contributed by atoms with Gasteiger partial charge in [-0.05, 0) is 36.0 Å². The van der Waals surface area contributed by atoms with Crippen LogP contribution >= 0.6 is 0 Å². The number of aryl methyl sites for hydroxylation is 1. The highest BCUT2D eigenvalue weighted by Crippen LogP contribution is 2.45. The second kappa shape index (κ2) is 11.8. The largest absolute Gasteiger partial charge is 0.483 e. The molecule has 0 saturated carbocycles. The molecule has 4 rings (SSSR count). The number of benzene rings is 2. The molecule has 6 nitrogen and oxygen atoms in total. The molecule has 2 aliphatic rings. The lowest BCUT2D eigenvalue weighted by Gasteiger charge is -2.30. The van der Waals surface area contributed by atoms with Crippen molar-refractivity contribution in [2.45, 2.75) is 32.9 Å². The van der Waals surface area contributed by atoms with Crippen LogP contribution in [0.1, 0.15) is 36.1 Å². The van der Waals surface area contributed by atoms with Crippen LogP contribution in [0.4, 0.5) is 0 Å². The highest BCUT2D eigenvalue weighted by molar-refractivity contribution is 5.74. The molecule has 1 amide bonds. The Bertz CT molecular complexity index is 873. The molecule has 0 bridgehead atoms. The summed E-state index contributed by atoms with van der Waals surface area (Å²) in [6.07, 6.45) is 1.05. The maximum atomic E-state index is 12.3. The van der Waals surface area contributed by atoms with Crippen LogP contribution in [0.2, 0.25) is 0 Å². The molecule has 2 aliphatic heterocycles. The van der Waals surface area contributed by atoms with Crippen molar-refractivity contribution in [1.29, 1.82) is 0 Å². The highest BCUT2D eigenvalue weighted by atomic mass is 16.5. The number of nitrogens with zero attached hydrogens (tertiary/aromatic N) is 2. The van der Waals surface area contributed by atoms with Crippen LogP contribution in [-0.4, -0.2) is 60.1 Å². The number of ether oxygens (including phenoxy) is 1. The summed E-state index contributed by atoms with van der Waals surface area (Å²) in [6.45, 7) is 9.24. The number of carbonyl (C=O) groups is 2. The summed E-state index contributed by atoms with van der Waals surface area (Å²) in [5.74, 6) is 1.31. The summed E-state index contributed by atoms with van der Waals surface area (Å²) in [4.78, 5) is 25.4. The zero-order valence-electron chi connectivity index (χ0n) is 19.0. The van der Waals surface area contributed by atoms with E-state index in [9.17, 15) is 4.79 Å². The summed E-state index contributed by atoms with van der Waals surface area (Å²) in [5.41, 5.74) is 3.84. The molecular formula is C26H34N2O4. The number of carboxylic acid groups (broad SMARTS) is 1. The third-order valence-electron chi connectivity index (χ3n) is 6.53. The van der Waals surface area contributed by atoms with E-state index in [1.165, 1.54) is 16.7 Å². The third-order valence-corrected chi connectivity index (χ3v) is 6.53. The van der Waals surface area contributed by atoms with E-state index in [0.717, 1.165) is 39.2 Å². The van der Waals surface area contributed by atoms with Crippen LogP contribution in [0, 0.1) is 18.8 Å². The Morgan fingerprint density at radius 2 is 1.78 bits per heavy atom. The van der Waals surface area contributed by atoms with Gasteiger partial charge < -0.3 is 19.6 Å². The van der Waals surface area contributed by atoms with E-state index in [0.29, 0.717) is 18.4 Å². The number of likely N-dealkylation sites (tertiary alicyclic amines) is 2. The lowest BCUT2D eigenvalue weighted by molar-refractivity contribution is -0.130. The number of rotatable bonds is 7. The number of amides is 1. The van der Waals surface area contributed by atoms with Crippen LogP contribution in [0.3, 0.4) is 0 Å². The Morgan fingerprint density at radius 3 is 2.47 bits per heavy atom. The first-order valence-corrected chi connectivity index (χ1v) is 11.3. The van der Waals surface area contributed by atoms with Gasteiger partial charge in [0.2, 0.25) is 5.91 Å². The Labute approximate surface area is 190 Å². The van der Waals surface area contributed by atoms with Crippen LogP contribution in [0.5, 0.6) is 0 Å². The van der Waals surface area contributed by atoms with E-state index in [4.69, 9.17) is 14.6 Å². The van der Waals surface area contributed by atoms with Gasteiger partial charge in [0.1, 0.15) is 0 Å². The first kappa shape index (κ1) is 24.0.